The van der Waals surface area contributed by atoms with E-state index in [0.717, 1.165) is 33.2 Å². The summed E-state index contributed by atoms with van der Waals surface area (Å²) in [7, 11) is 1.82. The van der Waals surface area contributed by atoms with Crippen molar-refractivity contribution in [3.05, 3.63) is 60.8 Å². The van der Waals surface area contributed by atoms with Crippen molar-refractivity contribution >= 4 is 22.1 Å². The van der Waals surface area contributed by atoms with Crippen molar-refractivity contribution in [3.8, 4) is 33.9 Å². The van der Waals surface area contributed by atoms with Gasteiger partial charge in [0.05, 0.1) is 47.1 Å². The van der Waals surface area contributed by atoms with Crippen LogP contribution in [0.4, 0.5) is 0 Å². The van der Waals surface area contributed by atoms with Gasteiger partial charge in [-0.1, -0.05) is 12.1 Å². The molecule has 5 aromatic heterocycles. The van der Waals surface area contributed by atoms with E-state index >= 15 is 0 Å². The van der Waals surface area contributed by atoms with Crippen LogP contribution in [-0.4, -0.2) is 40.0 Å². The maximum absolute atomic E-state index is 9.64. The van der Waals surface area contributed by atoms with E-state index in [1.807, 2.05) is 49.6 Å². The van der Waals surface area contributed by atoms with Crippen molar-refractivity contribution in [2.24, 2.45) is 7.05 Å². The first-order valence-corrected chi connectivity index (χ1v) is 9.72. The monoisotopic (exact) mass is 411 g/mol. The summed E-state index contributed by atoms with van der Waals surface area (Å²) in [5, 5.41) is 21.4. The number of aliphatic hydroxyl groups excluding tert-OH is 1. The van der Waals surface area contributed by atoms with Crippen molar-refractivity contribution in [2.75, 3.05) is 0 Å². The Morgan fingerprint density at radius 3 is 2.81 bits per heavy atom. The lowest BCUT2D eigenvalue weighted by Crippen LogP contribution is -1.91. The summed E-state index contributed by atoms with van der Waals surface area (Å²) in [6.07, 6.45) is 5.19. The summed E-state index contributed by atoms with van der Waals surface area (Å²) in [6, 6.07) is 11.7. The average Bonchev–Trinajstić information content (AvgIpc) is 3.57. The number of aromatic amines is 2. The number of rotatable bonds is 4. The van der Waals surface area contributed by atoms with Gasteiger partial charge in [-0.05, 0) is 24.3 Å². The maximum Gasteiger partial charge on any atom is 0.161 e. The predicted octanol–water partition coefficient (Wildman–Crippen LogP) is 3.65. The Bertz CT molecular complexity index is 1540. The lowest BCUT2D eigenvalue weighted by molar-refractivity contribution is 0.276. The minimum absolute atomic E-state index is 0.158. The third-order valence-corrected chi connectivity index (χ3v) is 5.31. The molecule has 152 valence electrons. The first-order chi connectivity index (χ1) is 15.2. The summed E-state index contributed by atoms with van der Waals surface area (Å²) in [5.41, 5.74) is 7.85. The molecule has 0 atom stereocenters. The van der Waals surface area contributed by atoms with Crippen molar-refractivity contribution in [1.82, 2.24) is 34.9 Å². The minimum Gasteiger partial charge on any atom is -0.472 e. The number of hydrogen-bond donors (Lipinski definition) is 3. The highest BCUT2D eigenvalue weighted by Gasteiger charge is 2.18. The fourth-order valence-electron chi connectivity index (χ4n) is 3.87. The zero-order chi connectivity index (χ0) is 20.9. The van der Waals surface area contributed by atoms with E-state index < -0.39 is 0 Å². The molecule has 6 rings (SSSR count). The molecule has 31 heavy (non-hydrogen) atoms. The van der Waals surface area contributed by atoms with Gasteiger partial charge in [0.2, 0.25) is 0 Å². The number of pyridine rings is 1. The smallest absolute Gasteiger partial charge is 0.161 e. The highest BCUT2D eigenvalue weighted by Crippen LogP contribution is 2.32. The first-order valence-electron chi connectivity index (χ1n) is 9.72. The number of nitrogens with zero attached hydrogens (tertiary/aromatic N) is 5. The van der Waals surface area contributed by atoms with Crippen LogP contribution in [0.1, 0.15) is 5.69 Å². The number of imidazole rings is 1. The summed E-state index contributed by atoms with van der Waals surface area (Å²) in [5.74, 6) is 0.621. The second-order valence-corrected chi connectivity index (χ2v) is 7.29. The topological polar surface area (TPSA) is 121 Å². The minimum atomic E-state index is -0.158. The number of aliphatic hydroxyl groups is 1. The number of hydrogen-bond acceptors (Lipinski definition) is 6. The molecule has 0 amide bonds. The van der Waals surface area contributed by atoms with Gasteiger partial charge in [-0.25, -0.2) is 9.97 Å². The molecule has 9 nitrogen and oxygen atoms in total. The average molecular weight is 411 g/mol. The van der Waals surface area contributed by atoms with Gasteiger partial charge in [0.15, 0.2) is 11.5 Å². The zero-order valence-electron chi connectivity index (χ0n) is 16.5. The lowest BCUT2D eigenvalue weighted by Gasteiger charge is -2.00. The molecule has 1 aromatic carbocycles. The lowest BCUT2D eigenvalue weighted by atomic mass is 10.1. The SMILES string of the molecule is Cn1cc(-c2ccc3[nH]nc(-c4nc5c(-c6ccoc6)cccc5[nH]4)c3n2)c(CO)n1. The standard InChI is InChI=1S/C22H17N7O2/c1-29-9-14(18(10-30)28-29)15-5-6-17-20(23-15)21(27-26-17)22-24-16-4-2-3-13(19(16)25-22)12-7-8-31-11-12/h2-9,11,30H,10H2,1H3,(H,24,25)(H,26,27). The summed E-state index contributed by atoms with van der Waals surface area (Å²) < 4.78 is 6.91. The van der Waals surface area contributed by atoms with Crippen molar-refractivity contribution in [1.29, 1.82) is 0 Å². The highest BCUT2D eigenvalue weighted by molar-refractivity contribution is 5.96. The van der Waals surface area contributed by atoms with E-state index in [1.54, 1.807) is 17.2 Å². The van der Waals surface area contributed by atoms with E-state index in [9.17, 15) is 5.11 Å². The molecule has 3 N–H and O–H groups in total. The predicted molar refractivity (Wildman–Crippen MR) is 115 cm³/mol. The van der Waals surface area contributed by atoms with Crippen LogP contribution in [0.3, 0.4) is 0 Å². The number of benzene rings is 1. The van der Waals surface area contributed by atoms with Crippen LogP contribution < -0.4 is 0 Å². The van der Waals surface area contributed by atoms with Gasteiger partial charge in [0, 0.05) is 29.9 Å². The van der Waals surface area contributed by atoms with Gasteiger partial charge in [-0.2, -0.15) is 10.2 Å². The van der Waals surface area contributed by atoms with Gasteiger partial charge in [-0.15, -0.1) is 0 Å². The molecule has 0 aliphatic carbocycles. The summed E-state index contributed by atoms with van der Waals surface area (Å²) >= 11 is 0. The molecule has 0 fully saturated rings. The number of fused-ring (bicyclic) bond motifs is 2. The molecule has 0 unspecified atom stereocenters. The fraction of sp³-hybridized carbons (Fsp3) is 0.0909. The van der Waals surface area contributed by atoms with Gasteiger partial charge < -0.3 is 14.5 Å². The fourth-order valence-corrected chi connectivity index (χ4v) is 3.87. The van der Waals surface area contributed by atoms with E-state index in [2.05, 4.69) is 20.3 Å². The van der Waals surface area contributed by atoms with Crippen LogP contribution in [0.2, 0.25) is 0 Å². The number of furan rings is 1. The van der Waals surface area contributed by atoms with Crippen LogP contribution in [0.25, 0.3) is 56.0 Å². The largest absolute Gasteiger partial charge is 0.472 e. The Balaban J connectivity index is 1.52. The maximum atomic E-state index is 9.64. The van der Waals surface area contributed by atoms with E-state index in [4.69, 9.17) is 14.4 Å². The first kappa shape index (κ1) is 17.6. The quantitative estimate of drug-likeness (QED) is 0.407. The molecular weight excluding hydrogens is 394 g/mol. The molecule has 0 saturated carbocycles. The Kier molecular flexibility index (Phi) is 3.77. The number of H-pyrrole nitrogens is 2. The zero-order valence-corrected chi connectivity index (χ0v) is 16.5. The van der Waals surface area contributed by atoms with E-state index in [1.165, 1.54) is 0 Å². The van der Waals surface area contributed by atoms with Crippen molar-refractivity contribution in [2.45, 2.75) is 6.61 Å². The molecular formula is C22H17N7O2. The van der Waals surface area contributed by atoms with Crippen LogP contribution in [0.5, 0.6) is 0 Å². The van der Waals surface area contributed by atoms with Crippen LogP contribution in [0, 0.1) is 0 Å². The molecule has 0 aliphatic rings. The Hall–Kier alpha value is -4.24. The second-order valence-electron chi connectivity index (χ2n) is 7.29. The van der Waals surface area contributed by atoms with Gasteiger partial charge in [0.1, 0.15) is 5.52 Å². The van der Waals surface area contributed by atoms with Crippen LogP contribution in [0.15, 0.2) is 59.5 Å². The normalized spacial score (nSPS) is 11.7. The number of aryl methyl sites for hydroxylation is 1. The van der Waals surface area contributed by atoms with E-state index in [-0.39, 0.29) is 6.61 Å². The van der Waals surface area contributed by atoms with Crippen LogP contribution in [-0.2, 0) is 13.7 Å². The number of para-hydroxylation sites is 1. The van der Waals surface area contributed by atoms with Crippen molar-refractivity contribution in [3.63, 3.8) is 0 Å². The summed E-state index contributed by atoms with van der Waals surface area (Å²) in [4.78, 5) is 13.0. The van der Waals surface area contributed by atoms with Crippen molar-refractivity contribution < 1.29 is 9.52 Å². The molecule has 0 saturated heterocycles. The highest BCUT2D eigenvalue weighted by atomic mass is 16.3. The Labute approximate surface area is 175 Å². The molecule has 9 heteroatoms. The third kappa shape index (κ3) is 2.75. The number of aromatic nitrogens is 7. The molecule has 5 heterocycles. The molecule has 0 spiro atoms. The molecule has 6 aromatic rings. The second kappa shape index (κ2) is 6.64. The third-order valence-electron chi connectivity index (χ3n) is 5.31. The van der Waals surface area contributed by atoms with Crippen LogP contribution >= 0.6 is 0 Å². The van der Waals surface area contributed by atoms with Gasteiger partial charge in [-0.3, -0.25) is 9.78 Å². The van der Waals surface area contributed by atoms with E-state index in [0.29, 0.717) is 28.4 Å². The summed E-state index contributed by atoms with van der Waals surface area (Å²) in [6.45, 7) is -0.158. The molecule has 0 bridgehead atoms. The number of nitrogens with one attached hydrogen (secondary N) is 2. The molecule has 0 radical (unpaired) electrons. The molecule has 0 aliphatic heterocycles. The van der Waals surface area contributed by atoms with Gasteiger partial charge >= 0.3 is 0 Å². The van der Waals surface area contributed by atoms with Gasteiger partial charge in [0.25, 0.3) is 0 Å². The Morgan fingerprint density at radius 2 is 1.97 bits per heavy atom. The Morgan fingerprint density at radius 1 is 1.03 bits per heavy atom.